The molecule has 3 rings (SSSR count). The second-order valence-electron chi connectivity index (χ2n) is 6.42. The molecule has 0 saturated carbocycles. The van der Waals surface area contributed by atoms with Gasteiger partial charge in [-0.25, -0.2) is 14.4 Å². The Hall–Kier alpha value is -3.15. The van der Waals surface area contributed by atoms with Crippen molar-refractivity contribution in [2.24, 2.45) is 4.99 Å². The molecule has 1 aromatic heterocycles. The van der Waals surface area contributed by atoms with Gasteiger partial charge in [-0.15, -0.1) is 0 Å². The van der Waals surface area contributed by atoms with Crippen LogP contribution in [0.4, 0.5) is 4.39 Å². The van der Waals surface area contributed by atoms with Crippen molar-refractivity contribution in [1.29, 1.82) is 0 Å². The molecule has 0 atom stereocenters. The summed E-state index contributed by atoms with van der Waals surface area (Å²) in [5.41, 5.74) is 1.83. The van der Waals surface area contributed by atoms with E-state index in [0.717, 1.165) is 25.3 Å². The maximum atomic E-state index is 13.8. The van der Waals surface area contributed by atoms with Crippen molar-refractivity contribution in [2.45, 2.75) is 26.4 Å². The van der Waals surface area contributed by atoms with Gasteiger partial charge in [-0.05, 0) is 18.6 Å². The molecule has 0 amide bonds. The van der Waals surface area contributed by atoms with E-state index in [1.165, 1.54) is 11.6 Å². The molecule has 6 heteroatoms. The number of nitrogens with zero attached hydrogens (tertiary/aromatic N) is 3. The quantitative estimate of drug-likeness (QED) is 0.466. The van der Waals surface area contributed by atoms with E-state index >= 15 is 0 Å². The Labute approximate surface area is 165 Å². The third-order valence-corrected chi connectivity index (χ3v) is 4.35. The lowest BCUT2D eigenvalue weighted by Crippen LogP contribution is -2.38. The number of benzene rings is 2. The molecule has 146 valence electrons. The molecule has 0 fully saturated rings. The average Bonchev–Trinajstić information content (AvgIpc) is 3.15. The molecule has 0 aliphatic heterocycles. The number of hydrogen-bond donors (Lipinski definition) is 2. The Morgan fingerprint density at radius 1 is 1.07 bits per heavy atom. The molecule has 0 aliphatic carbocycles. The summed E-state index contributed by atoms with van der Waals surface area (Å²) >= 11 is 0. The van der Waals surface area contributed by atoms with Crippen molar-refractivity contribution in [2.75, 3.05) is 13.1 Å². The predicted molar refractivity (Wildman–Crippen MR) is 111 cm³/mol. The van der Waals surface area contributed by atoms with E-state index in [4.69, 9.17) is 0 Å². The van der Waals surface area contributed by atoms with E-state index in [1.54, 1.807) is 12.1 Å². The lowest BCUT2D eigenvalue weighted by Gasteiger charge is -2.12. The predicted octanol–water partition coefficient (Wildman–Crippen LogP) is 3.37. The van der Waals surface area contributed by atoms with Crippen LogP contribution < -0.4 is 10.6 Å². The largest absolute Gasteiger partial charge is 0.357 e. The Balaban J connectivity index is 1.56. The third kappa shape index (κ3) is 5.67. The molecule has 28 heavy (non-hydrogen) atoms. The summed E-state index contributed by atoms with van der Waals surface area (Å²) < 4.78 is 15.9. The average molecular weight is 379 g/mol. The van der Waals surface area contributed by atoms with Crippen LogP contribution in [-0.4, -0.2) is 28.6 Å². The second kappa shape index (κ2) is 10.3. The fraction of sp³-hybridized carbons (Fsp3) is 0.273. The van der Waals surface area contributed by atoms with Gasteiger partial charge in [0, 0.05) is 44.0 Å². The number of imidazole rings is 1. The van der Waals surface area contributed by atoms with Gasteiger partial charge >= 0.3 is 0 Å². The Kier molecular flexibility index (Phi) is 7.18. The smallest absolute Gasteiger partial charge is 0.191 e. The normalized spacial score (nSPS) is 11.4. The highest BCUT2D eigenvalue weighted by atomic mass is 19.1. The summed E-state index contributed by atoms with van der Waals surface area (Å²) in [5.74, 6) is 1.46. The van der Waals surface area contributed by atoms with Crippen molar-refractivity contribution >= 4 is 5.96 Å². The van der Waals surface area contributed by atoms with E-state index in [0.29, 0.717) is 24.6 Å². The van der Waals surface area contributed by atoms with Crippen LogP contribution >= 0.6 is 0 Å². The standard InChI is InChI=1S/C22H26FN5/c1-2-24-22(27-16-19-10-6-7-11-20(19)23)26-13-12-21-25-14-15-28(21)17-18-8-4-3-5-9-18/h3-11,14-15H,2,12-13,16-17H2,1H3,(H2,24,26,27). The summed E-state index contributed by atoms with van der Waals surface area (Å²) in [7, 11) is 0. The van der Waals surface area contributed by atoms with Crippen LogP contribution in [0, 0.1) is 5.82 Å². The summed E-state index contributed by atoms with van der Waals surface area (Å²) in [4.78, 5) is 8.95. The van der Waals surface area contributed by atoms with E-state index in [9.17, 15) is 4.39 Å². The molecule has 0 saturated heterocycles. The number of hydrogen-bond acceptors (Lipinski definition) is 2. The zero-order valence-electron chi connectivity index (χ0n) is 16.1. The summed E-state index contributed by atoms with van der Waals surface area (Å²) in [6.07, 6.45) is 4.60. The number of halogens is 1. The molecule has 2 aromatic carbocycles. The van der Waals surface area contributed by atoms with Crippen LogP contribution in [0.15, 0.2) is 72.0 Å². The van der Waals surface area contributed by atoms with Gasteiger partial charge in [0.05, 0.1) is 6.54 Å². The lowest BCUT2D eigenvalue weighted by molar-refractivity contribution is 0.610. The van der Waals surface area contributed by atoms with Gasteiger partial charge in [0.25, 0.3) is 0 Å². The minimum Gasteiger partial charge on any atom is -0.357 e. The zero-order chi connectivity index (χ0) is 19.6. The third-order valence-electron chi connectivity index (χ3n) is 4.35. The Morgan fingerprint density at radius 3 is 2.64 bits per heavy atom. The topological polar surface area (TPSA) is 54.2 Å². The Morgan fingerprint density at radius 2 is 1.86 bits per heavy atom. The maximum absolute atomic E-state index is 13.8. The van der Waals surface area contributed by atoms with Crippen LogP contribution in [0.5, 0.6) is 0 Å². The van der Waals surface area contributed by atoms with E-state index in [2.05, 4.69) is 37.3 Å². The summed E-state index contributed by atoms with van der Waals surface area (Å²) in [5, 5.41) is 6.50. The first kappa shape index (κ1) is 19.6. The van der Waals surface area contributed by atoms with E-state index in [1.807, 2.05) is 43.6 Å². The highest BCUT2D eigenvalue weighted by molar-refractivity contribution is 5.79. The SMILES string of the molecule is CCNC(=NCc1ccccc1F)NCCc1nccn1Cc1ccccc1. The first-order valence-electron chi connectivity index (χ1n) is 9.55. The number of aliphatic imine (C=N–C) groups is 1. The molecule has 3 aromatic rings. The molecule has 0 radical (unpaired) electrons. The first-order chi connectivity index (χ1) is 13.8. The zero-order valence-corrected chi connectivity index (χ0v) is 16.1. The number of nitrogens with one attached hydrogen (secondary N) is 2. The van der Waals surface area contributed by atoms with Crippen molar-refractivity contribution in [1.82, 2.24) is 20.2 Å². The molecule has 0 aliphatic rings. The van der Waals surface area contributed by atoms with Crippen LogP contribution in [0.2, 0.25) is 0 Å². The van der Waals surface area contributed by atoms with Crippen LogP contribution in [0.3, 0.4) is 0 Å². The number of rotatable bonds is 8. The van der Waals surface area contributed by atoms with Gasteiger partial charge < -0.3 is 15.2 Å². The molecule has 0 bridgehead atoms. The van der Waals surface area contributed by atoms with Gasteiger partial charge in [0.15, 0.2) is 5.96 Å². The van der Waals surface area contributed by atoms with Crippen LogP contribution in [0.25, 0.3) is 0 Å². The first-order valence-corrected chi connectivity index (χ1v) is 9.55. The minimum absolute atomic E-state index is 0.231. The van der Waals surface area contributed by atoms with Crippen molar-refractivity contribution in [3.05, 3.63) is 89.8 Å². The fourth-order valence-corrected chi connectivity index (χ4v) is 2.92. The fourth-order valence-electron chi connectivity index (χ4n) is 2.92. The van der Waals surface area contributed by atoms with Gasteiger partial charge in [-0.1, -0.05) is 48.5 Å². The van der Waals surface area contributed by atoms with E-state index in [-0.39, 0.29) is 5.82 Å². The summed E-state index contributed by atoms with van der Waals surface area (Å²) in [6, 6.07) is 17.0. The van der Waals surface area contributed by atoms with Gasteiger partial charge in [-0.2, -0.15) is 0 Å². The van der Waals surface area contributed by atoms with E-state index < -0.39 is 0 Å². The molecular weight excluding hydrogens is 353 g/mol. The molecule has 1 heterocycles. The monoisotopic (exact) mass is 379 g/mol. The molecular formula is C22H26FN5. The molecule has 5 nitrogen and oxygen atoms in total. The van der Waals surface area contributed by atoms with Crippen LogP contribution in [0.1, 0.15) is 23.9 Å². The minimum atomic E-state index is -0.231. The highest BCUT2D eigenvalue weighted by Crippen LogP contribution is 2.08. The second-order valence-corrected chi connectivity index (χ2v) is 6.42. The van der Waals surface area contributed by atoms with Gasteiger partial charge in [0.1, 0.15) is 11.6 Å². The van der Waals surface area contributed by atoms with Gasteiger partial charge in [0.2, 0.25) is 0 Å². The maximum Gasteiger partial charge on any atom is 0.191 e. The van der Waals surface area contributed by atoms with Crippen molar-refractivity contribution in [3.8, 4) is 0 Å². The molecule has 0 unspecified atom stereocenters. The number of aromatic nitrogens is 2. The van der Waals surface area contributed by atoms with Crippen LogP contribution in [-0.2, 0) is 19.5 Å². The van der Waals surface area contributed by atoms with Crippen molar-refractivity contribution in [3.63, 3.8) is 0 Å². The molecule has 2 N–H and O–H groups in total. The van der Waals surface area contributed by atoms with Gasteiger partial charge in [-0.3, -0.25) is 0 Å². The van der Waals surface area contributed by atoms with Crippen molar-refractivity contribution < 1.29 is 4.39 Å². The summed E-state index contributed by atoms with van der Waals surface area (Å²) in [6.45, 7) is 4.54. The Bertz CT molecular complexity index is 889. The molecule has 0 spiro atoms. The lowest BCUT2D eigenvalue weighted by atomic mass is 10.2. The number of guanidine groups is 1. The highest BCUT2D eigenvalue weighted by Gasteiger charge is 2.05.